The van der Waals surface area contributed by atoms with Crippen molar-refractivity contribution in [2.45, 2.75) is 11.7 Å². The summed E-state index contributed by atoms with van der Waals surface area (Å²) in [7, 11) is 3.29. The first-order valence-electron chi connectivity index (χ1n) is 8.95. The quantitative estimate of drug-likeness (QED) is 0.534. The van der Waals surface area contributed by atoms with Crippen LogP contribution in [0.3, 0.4) is 0 Å². The van der Waals surface area contributed by atoms with Crippen molar-refractivity contribution in [1.82, 2.24) is 20.1 Å². The molecule has 0 bridgehead atoms. The van der Waals surface area contributed by atoms with Gasteiger partial charge in [0.2, 0.25) is 5.91 Å². The summed E-state index contributed by atoms with van der Waals surface area (Å²) in [5, 5.41) is 14.0. The van der Waals surface area contributed by atoms with Gasteiger partial charge in [0.1, 0.15) is 11.6 Å². The maximum atomic E-state index is 13.7. The Morgan fingerprint density at radius 2 is 1.97 bits per heavy atom. The number of halogens is 1. The van der Waals surface area contributed by atoms with Gasteiger partial charge in [0, 0.05) is 18.8 Å². The second-order valence-corrected chi connectivity index (χ2v) is 7.13. The molecule has 10 heteroatoms. The lowest BCUT2D eigenvalue weighted by Crippen LogP contribution is -2.25. The van der Waals surface area contributed by atoms with E-state index in [2.05, 4.69) is 20.8 Å². The van der Waals surface area contributed by atoms with Crippen LogP contribution in [0.15, 0.2) is 53.7 Å². The summed E-state index contributed by atoms with van der Waals surface area (Å²) in [6, 6.07) is 12.8. The molecule has 0 aliphatic carbocycles. The zero-order valence-corrected chi connectivity index (χ0v) is 17.2. The fraction of sp³-hybridized carbons (Fsp3) is 0.200. The van der Waals surface area contributed by atoms with Gasteiger partial charge in [0.05, 0.1) is 25.0 Å². The molecule has 1 aromatic heterocycles. The van der Waals surface area contributed by atoms with Crippen molar-refractivity contribution in [2.24, 2.45) is 7.05 Å². The third kappa shape index (κ3) is 5.35. The van der Waals surface area contributed by atoms with Crippen molar-refractivity contribution in [3.63, 3.8) is 0 Å². The molecular weight excluding hydrogens is 409 g/mol. The first-order valence-corrected chi connectivity index (χ1v) is 9.94. The van der Waals surface area contributed by atoms with E-state index < -0.39 is 11.7 Å². The van der Waals surface area contributed by atoms with Crippen molar-refractivity contribution in [2.75, 3.05) is 18.2 Å². The maximum absolute atomic E-state index is 13.7. The summed E-state index contributed by atoms with van der Waals surface area (Å²) in [4.78, 5) is 24.3. The standard InChI is InChI=1S/C20H20FN5O3S/c1-26-17(11-22-19(28)15-8-3-4-9-16(15)21)24-25-20(26)30-12-18(27)23-13-6-5-7-14(10-13)29-2/h3-10H,11-12H2,1-2H3,(H,22,28)(H,23,27). The number of carbonyl (C=O) groups is 2. The van der Waals surface area contributed by atoms with Crippen molar-refractivity contribution >= 4 is 29.3 Å². The van der Waals surface area contributed by atoms with E-state index in [0.717, 1.165) is 0 Å². The van der Waals surface area contributed by atoms with Gasteiger partial charge < -0.3 is 19.9 Å². The fourth-order valence-corrected chi connectivity index (χ4v) is 3.28. The van der Waals surface area contributed by atoms with E-state index in [1.807, 2.05) is 0 Å². The summed E-state index contributed by atoms with van der Waals surface area (Å²) in [6.45, 7) is 0.0766. The van der Waals surface area contributed by atoms with Crippen molar-refractivity contribution in [3.05, 3.63) is 65.7 Å². The number of aromatic nitrogens is 3. The molecule has 3 rings (SSSR count). The molecule has 0 atom stereocenters. The first-order chi connectivity index (χ1) is 14.5. The van der Waals surface area contributed by atoms with Crippen molar-refractivity contribution < 1.29 is 18.7 Å². The van der Waals surface area contributed by atoms with Gasteiger partial charge >= 0.3 is 0 Å². The lowest BCUT2D eigenvalue weighted by Gasteiger charge is -2.08. The molecule has 3 aromatic rings. The number of hydrogen-bond donors (Lipinski definition) is 2. The highest BCUT2D eigenvalue weighted by molar-refractivity contribution is 7.99. The Labute approximate surface area is 176 Å². The van der Waals surface area contributed by atoms with Crippen LogP contribution in [0.1, 0.15) is 16.2 Å². The minimum atomic E-state index is -0.591. The maximum Gasteiger partial charge on any atom is 0.254 e. The van der Waals surface area contributed by atoms with Crippen LogP contribution in [-0.4, -0.2) is 39.4 Å². The molecular formula is C20H20FN5O3S. The van der Waals surface area contributed by atoms with E-state index in [-0.39, 0.29) is 23.8 Å². The van der Waals surface area contributed by atoms with E-state index in [0.29, 0.717) is 22.4 Å². The van der Waals surface area contributed by atoms with Gasteiger partial charge in [-0.05, 0) is 24.3 Å². The molecule has 30 heavy (non-hydrogen) atoms. The molecule has 0 saturated carbocycles. The molecule has 0 aliphatic rings. The van der Waals surface area contributed by atoms with E-state index in [4.69, 9.17) is 4.74 Å². The summed E-state index contributed by atoms with van der Waals surface area (Å²) in [6.07, 6.45) is 0. The number of carbonyl (C=O) groups excluding carboxylic acids is 2. The van der Waals surface area contributed by atoms with Crippen LogP contribution >= 0.6 is 11.8 Å². The highest BCUT2D eigenvalue weighted by Crippen LogP contribution is 2.19. The van der Waals surface area contributed by atoms with Crippen LogP contribution in [0.2, 0.25) is 0 Å². The number of anilines is 1. The van der Waals surface area contributed by atoms with Gasteiger partial charge in [0.25, 0.3) is 5.91 Å². The van der Waals surface area contributed by atoms with Crippen LogP contribution in [0.25, 0.3) is 0 Å². The number of hydrogen-bond acceptors (Lipinski definition) is 6. The zero-order valence-electron chi connectivity index (χ0n) is 16.4. The molecule has 156 valence electrons. The molecule has 2 N–H and O–H groups in total. The number of ether oxygens (including phenoxy) is 1. The van der Waals surface area contributed by atoms with Crippen LogP contribution in [-0.2, 0) is 18.4 Å². The molecule has 0 unspecified atom stereocenters. The predicted molar refractivity (Wildman–Crippen MR) is 111 cm³/mol. The molecule has 0 fully saturated rings. The zero-order chi connectivity index (χ0) is 21.5. The average Bonchev–Trinajstić information content (AvgIpc) is 3.10. The number of benzene rings is 2. The van der Waals surface area contributed by atoms with E-state index >= 15 is 0 Å². The van der Waals surface area contributed by atoms with E-state index in [9.17, 15) is 14.0 Å². The normalized spacial score (nSPS) is 10.5. The smallest absolute Gasteiger partial charge is 0.254 e. The van der Waals surface area contributed by atoms with Crippen LogP contribution in [0, 0.1) is 5.82 Å². The van der Waals surface area contributed by atoms with Crippen LogP contribution < -0.4 is 15.4 Å². The monoisotopic (exact) mass is 429 g/mol. The predicted octanol–water partition coefficient (Wildman–Crippen LogP) is 2.62. The average molecular weight is 429 g/mol. The number of amides is 2. The molecule has 0 saturated heterocycles. The fourth-order valence-electron chi connectivity index (χ4n) is 2.55. The highest BCUT2D eigenvalue weighted by Gasteiger charge is 2.15. The van der Waals surface area contributed by atoms with Crippen LogP contribution in [0.5, 0.6) is 5.75 Å². The van der Waals surface area contributed by atoms with E-state index in [1.54, 1.807) is 49.1 Å². The molecule has 2 aromatic carbocycles. The number of methoxy groups -OCH3 is 1. The number of thioether (sulfide) groups is 1. The minimum Gasteiger partial charge on any atom is -0.497 e. The summed E-state index contributed by atoms with van der Waals surface area (Å²) in [5.41, 5.74) is 0.595. The Bertz CT molecular complexity index is 1060. The molecule has 0 radical (unpaired) electrons. The summed E-state index contributed by atoms with van der Waals surface area (Å²) in [5.74, 6) is -0.0729. The molecule has 0 aliphatic heterocycles. The third-order valence-electron chi connectivity index (χ3n) is 4.14. The van der Waals surface area contributed by atoms with Gasteiger partial charge in [-0.15, -0.1) is 10.2 Å². The third-order valence-corrected chi connectivity index (χ3v) is 5.16. The van der Waals surface area contributed by atoms with Crippen LogP contribution in [0.4, 0.5) is 10.1 Å². The number of rotatable bonds is 8. The number of nitrogens with one attached hydrogen (secondary N) is 2. The Balaban J connectivity index is 1.53. The van der Waals surface area contributed by atoms with E-state index in [1.165, 1.54) is 30.0 Å². The Kier molecular flexibility index (Phi) is 7.02. The Hall–Kier alpha value is -3.40. The second kappa shape index (κ2) is 9.88. The Morgan fingerprint density at radius 1 is 1.17 bits per heavy atom. The second-order valence-electron chi connectivity index (χ2n) is 6.19. The van der Waals surface area contributed by atoms with Crippen molar-refractivity contribution in [1.29, 1.82) is 0 Å². The molecule has 1 heterocycles. The topological polar surface area (TPSA) is 98.1 Å². The number of nitrogens with zero attached hydrogens (tertiary/aromatic N) is 3. The summed E-state index contributed by atoms with van der Waals surface area (Å²) < 4.78 is 20.5. The molecule has 2 amide bonds. The first kappa shape index (κ1) is 21.3. The van der Waals surface area contributed by atoms with Crippen molar-refractivity contribution in [3.8, 4) is 5.75 Å². The van der Waals surface area contributed by atoms with Gasteiger partial charge in [-0.3, -0.25) is 9.59 Å². The molecule has 8 nitrogen and oxygen atoms in total. The molecule has 0 spiro atoms. The van der Waals surface area contributed by atoms with Gasteiger partial charge in [-0.1, -0.05) is 30.0 Å². The SMILES string of the molecule is COc1cccc(NC(=O)CSc2nnc(CNC(=O)c3ccccc3F)n2C)c1. The minimum absolute atomic E-state index is 0.0384. The largest absolute Gasteiger partial charge is 0.497 e. The van der Waals surface area contributed by atoms with Gasteiger partial charge in [0.15, 0.2) is 11.0 Å². The Morgan fingerprint density at radius 3 is 2.73 bits per heavy atom. The van der Waals surface area contributed by atoms with Gasteiger partial charge in [-0.2, -0.15) is 0 Å². The lowest BCUT2D eigenvalue weighted by molar-refractivity contribution is -0.113. The highest BCUT2D eigenvalue weighted by atomic mass is 32.2. The van der Waals surface area contributed by atoms with Gasteiger partial charge in [-0.25, -0.2) is 4.39 Å². The summed E-state index contributed by atoms with van der Waals surface area (Å²) >= 11 is 1.21. The lowest BCUT2D eigenvalue weighted by atomic mass is 10.2.